The van der Waals surface area contributed by atoms with Crippen LogP contribution in [-0.4, -0.2) is 24.1 Å². The highest BCUT2D eigenvalue weighted by Gasteiger charge is 2.13. The zero-order valence-electron chi connectivity index (χ0n) is 7.87. The van der Waals surface area contributed by atoms with Crippen LogP contribution in [0.4, 0.5) is 5.69 Å². The number of hydrogen-bond donors (Lipinski definition) is 1. The maximum Gasteiger partial charge on any atom is 0.167 e. The van der Waals surface area contributed by atoms with Crippen molar-refractivity contribution in [3.05, 3.63) is 10.0 Å². The quantitative estimate of drug-likeness (QED) is 0.863. The van der Waals surface area contributed by atoms with Crippen molar-refractivity contribution in [1.29, 1.82) is 5.26 Å². The molecule has 4 nitrogen and oxygen atoms in total. The van der Waals surface area contributed by atoms with Crippen LogP contribution in [0, 0.1) is 11.3 Å². The molecule has 1 rings (SSSR count). The molecule has 0 radical (unpaired) electrons. The van der Waals surface area contributed by atoms with Crippen molar-refractivity contribution in [2.45, 2.75) is 13.0 Å². The standard InChI is InChI=1S/C8H10ClN3OS/c1-5(4-13-2)11-7-6(3-10)14-12-8(7)9/h5,11H,4H2,1-2H3/t5-/m1/s1. The molecular formula is C8H10ClN3OS. The Balaban J connectivity index is 2.75. The minimum atomic E-state index is 0.0981. The number of hydrogen-bond acceptors (Lipinski definition) is 5. The Labute approximate surface area is 91.6 Å². The van der Waals surface area contributed by atoms with Crippen molar-refractivity contribution < 1.29 is 4.74 Å². The second-order valence-electron chi connectivity index (χ2n) is 2.79. The fraction of sp³-hybridized carbons (Fsp3) is 0.500. The predicted molar refractivity (Wildman–Crippen MR) is 56.8 cm³/mol. The van der Waals surface area contributed by atoms with E-state index in [9.17, 15) is 0 Å². The summed E-state index contributed by atoms with van der Waals surface area (Å²) in [4.78, 5) is 0.498. The molecule has 0 aliphatic rings. The van der Waals surface area contributed by atoms with Crippen molar-refractivity contribution in [3.8, 4) is 6.07 Å². The summed E-state index contributed by atoms with van der Waals surface area (Å²) in [6.45, 7) is 2.50. The molecule has 1 aromatic heterocycles. The van der Waals surface area contributed by atoms with Crippen molar-refractivity contribution in [2.75, 3.05) is 19.0 Å². The van der Waals surface area contributed by atoms with Gasteiger partial charge in [0.2, 0.25) is 0 Å². The van der Waals surface area contributed by atoms with Crippen LogP contribution in [0.3, 0.4) is 0 Å². The van der Waals surface area contributed by atoms with Crippen LogP contribution in [0.5, 0.6) is 0 Å². The molecule has 14 heavy (non-hydrogen) atoms. The molecule has 0 amide bonds. The summed E-state index contributed by atoms with van der Waals surface area (Å²) in [5, 5.41) is 12.2. The molecule has 0 fully saturated rings. The molecule has 1 atom stereocenters. The molecule has 1 heterocycles. The van der Waals surface area contributed by atoms with Gasteiger partial charge in [-0.3, -0.25) is 0 Å². The smallest absolute Gasteiger partial charge is 0.167 e. The third-order valence-corrected chi connectivity index (χ3v) is 2.68. The lowest BCUT2D eigenvalue weighted by atomic mass is 10.3. The highest BCUT2D eigenvalue weighted by atomic mass is 35.5. The van der Waals surface area contributed by atoms with Crippen LogP contribution >= 0.6 is 23.1 Å². The first-order chi connectivity index (χ1) is 6.69. The van der Waals surface area contributed by atoms with E-state index in [0.717, 1.165) is 11.5 Å². The minimum Gasteiger partial charge on any atom is -0.383 e. The predicted octanol–water partition coefficient (Wildman–Crippen LogP) is 2.11. The van der Waals surface area contributed by atoms with Gasteiger partial charge in [-0.05, 0) is 18.5 Å². The maximum absolute atomic E-state index is 8.77. The first-order valence-corrected chi connectivity index (χ1v) is 5.15. The highest BCUT2D eigenvalue weighted by molar-refractivity contribution is 7.07. The van der Waals surface area contributed by atoms with Gasteiger partial charge in [0, 0.05) is 13.2 Å². The summed E-state index contributed by atoms with van der Waals surface area (Å²) < 4.78 is 8.84. The summed E-state index contributed by atoms with van der Waals surface area (Å²) in [7, 11) is 1.62. The fourth-order valence-electron chi connectivity index (χ4n) is 1.01. The Morgan fingerprint density at radius 2 is 2.50 bits per heavy atom. The van der Waals surface area contributed by atoms with E-state index >= 15 is 0 Å². The first-order valence-electron chi connectivity index (χ1n) is 3.99. The van der Waals surface area contributed by atoms with Gasteiger partial charge < -0.3 is 10.1 Å². The van der Waals surface area contributed by atoms with Crippen LogP contribution in [0.1, 0.15) is 11.8 Å². The molecule has 0 unspecified atom stereocenters. The summed E-state index contributed by atoms with van der Waals surface area (Å²) >= 11 is 6.90. The van der Waals surface area contributed by atoms with Gasteiger partial charge in [0.25, 0.3) is 0 Å². The van der Waals surface area contributed by atoms with Gasteiger partial charge >= 0.3 is 0 Å². The number of nitrogens with one attached hydrogen (secondary N) is 1. The summed E-state index contributed by atoms with van der Waals surface area (Å²) in [5.41, 5.74) is 0.601. The van der Waals surface area contributed by atoms with Crippen molar-refractivity contribution >= 4 is 28.8 Å². The van der Waals surface area contributed by atoms with Gasteiger partial charge in [-0.2, -0.15) is 9.64 Å². The number of anilines is 1. The number of nitrogens with zero attached hydrogens (tertiary/aromatic N) is 2. The Morgan fingerprint density at radius 3 is 3.07 bits per heavy atom. The Kier molecular flexibility index (Phi) is 4.14. The SMILES string of the molecule is COC[C@@H](C)Nc1c(Cl)nsc1C#N. The molecule has 1 aromatic rings. The molecule has 0 bridgehead atoms. The van der Waals surface area contributed by atoms with Gasteiger partial charge in [-0.25, -0.2) is 0 Å². The summed E-state index contributed by atoms with van der Waals surface area (Å²) in [6.07, 6.45) is 0. The van der Waals surface area contributed by atoms with Gasteiger partial charge in [0.1, 0.15) is 16.6 Å². The molecular weight excluding hydrogens is 222 g/mol. The van der Waals surface area contributed by atoms with Gasteiger partial charge in [-0.15, -0.1) is 0 Å². The molecule has 6 heteroatoms. The average molecular weight is 232 g/mol. The Bertz CT molecular complexity index is 347. The van der Waals surface area contributed by atoms with E-state index < -0.39 is 0 Å². The van der Waals surface area contributed by atoms with Crippen LogP contribution in [0.25, 0.3) is 0 Å². The average Bonchev–Trinajstić information content (AvgIpc) is 2.48. The monoisotopic (exact) mass is 231 g/mol. The lowest BCUT2D eigenvalue weighted by Gasteiger charge is -2.12. The third-order valence-electron chi connectivity index (χ3n) is 1.56. The Morgan fingerprint density at radius 1 is 1.79 bits per heavy atom. The lowest BCUT2D eigenvalue weighted by Crippen LogP contribution is -2.21. The zero-order valence-corrected chi connectivity index (χ0v) is 9.45. The number of halogens is 1. The first kappa shape index (κ1) is 11.2. The Hall–Kier alpha value is -0.830. The van der Waals surface area contributed by atoms with E-state index in [2.05, 4.69) is 9.69 Å². The van der Waals surface area contributed by atoms with E-state index in [1.807, 2.05) is 13.0 Å². The molecule has 0 saturated heterocycles. The molecule has 0 aliphatic heterocycles. The number of nitriles is 1. The van der Waals surface area contributed by atoms with Crippen molar-refractivity contribution in [2.24, 2.45) is 0 Å². The van der Waals surface area contributed by atoms with Gasteiger partial charge in [0.05, 0.1) is 6.61 Å². The maximum atomic E-state index is 8.77. The fourth-order valence-corrected chi connectivity index (χ4v) is 1.87. The van der Waals surface area contributed by atoms with Crippen LogP contribution in [0.15, 0.2) is 0 Å². The highest BCUT2D eigenvalue weighted by Crippen LogP contribution is 2.28. The van der Waals surface area contributed by atoms with Gasteiger partial charge in [-0.1, -0.05) is 11.6 Å². The molecule has 76 valence electrons. The van der Waals surface area contributed by atoms with Crippen LogP contribution in [-0.2, 0) is 4.74 Å². The number of aromatic nitrogens is 1. The van der Waals surface area contributed by atoms with E-state index in [4.69, 9.17) is 21.6 Å². The second kappa shape index (κ2) is 5.15. The molecule has 0 aromatic carbocycles. The zero-order chi connectivity index (χ0) is 10.6. The van der Waals surface area contributed by atoms with Crippen molar-refractivity contribution in [3.63, 3.8) is 0 Å². The summed E-state index contributed by atoms with van der Waals surface area (Å²) in [6, 6.07) is 2.13. The minimum absolute atomic E-state index is 0.0981. The van der Waals surface area contributed by atoms with Gasteiger partial charge in [0.15, 0.2) is 5.15 Å². The van der Waals surface area contributed by atoms with E-state index in [-0.39, 0.29) is 6.04 Å². The number of methoxy groups -OCH3 is 1. The molecule has 0 aliphatic carbocycles. The van der Waals surface area contributed by atoms with Crippen molar-refractivity contribution in [1.82, 2.24) is 4.37 Å². The lowest BCUT2D eigenvalue weighted by molar-refractivity contribution is 0.190. The van der Waals surface area contributed by atoms with E-state index in [0.29, 0.717) is 22.3 Å². The third kappa shape index (κ3) is 2.58. The number of rotatable bonds is 4. The topological polar surface area (TPSA) is 57.9 Å². The van der Waals surface area contributed by atoms with E-state index in [1.165, 1.54) is 0 Å². The second-order valence-corrected chi connectivity index (χ2v) is 3.92. The molecule has 0 saturated carbocycles. The normalized spacial score (nSPS) is 12.1. The summed E-state index contributed by atoms with van der Waals surface area (Å²) in [5.74, 6) is 0. The molecule has 1 N–H and O–H groups in total. The number of ether oxygens (including phenoxy) is 1. The largest absolute Gasteiger partial charge is 0.383 e. The van der Waals surface area contributed by atoms with Crippen LogP contribution < -0.4 is 5.32 Å². The van der Waals surface area contributed by atoms with E-state index in [1.54, 1.807) is 7.11 Å². The van der Waals surface area contributed by atoms with Crippen LogP contribution in [0.2, 0.25) is 5.15 Å². The molecule has 0 spiro atoms.